The first-order chi connectivity index (χ1) is 14.0. The van der Waals surface area contributed by atoms with Gasteiger partial charge in [-0.1, -0.05) is 18.2 Å². The Morgan fingerprint density at radius 3 is 2.66 bits per heavy atom. The Kier molecular flexibility index (Phi) is 4.61. The lowest BCUT2D eigenvalue weighted by molar-refractivity contribution is 0.0946. The van der Waals surface area contributed by atoms with E-state index < -0.39 is 5.95 Å². The zero-order chi connectivity index (χ0) is 20.5. The van der Waals surface area contributed by atoms with Gasteiger partial charge >= 0.3 is 0 Å². The molecular weight excluding hydrogens is 371 g/mol. The summed E-state index contributed by atoms with van der Waals surface area (Å²) in [4.78, 5) is 15.8. The van der Waals surface area contributed by atoms with E-state index in [2.05, 4.69) is 10.3 Å². The average Bonchev–Trinajstić information content (AvgIpc) is 2.73. The number of nitrogens with one attached hydrogen (secondary N) is 1. The minimum atomic E-state index is -0.724. The Labute approximate surface area is 166 Å². The predicted octanol–water partition coefficient (Wildman–Crippen LogP) is 3.30. The summed E-state index contributed by atoms with van der Waals surface area (Å²) < 4.78 is 19.8. The lowest BCUT2D eigenvalue weighted by atomic mass is 9.94. The molecule has 0 atom stereocenters. The van der Waals surface area contributed by atoms with Crippen molar-refractivity contribution in [3.63, 3.8) is 0 Å². The molecule has 0 spiro atoms. The van der Waals surface area contributed by atoms with Crippen LogP contribution in [0.4, 0.5) is 10.2 Å². The van der Waals surface area contributed by atoms with Crippen LogP contribution >= 0.6 is 0 Å². The van der Waals surface area contributed by atoms with Crippen LogP contribution in [0.15, 0.2) is 42.5 Å². The summed E-state index contributed by atoms with van der Waals surface area (Å²) in [7, 11) is 1.47. The second-order valence-corrected chi connectivity index (χ2v) is 6.66. The summed E-state index contributed by atoms with van der Waals surface area (Å²) >= 11 is 0. The number of hydrogen-bond acceptors (Lipinski definition) is 5. The van der Waals surface area contributed by atoms with Crippen molar-refractivity contribution in [1.29, 1.82) is 5.26 Å². The fourth-order valence-corrected chi connectivity index (χ4v) is 3.50. The molecule has 144 valence electrons. The number of benzene rings is 2. The molecular formula is C22H17FN4O2. The van der Waals surface area contributed by atoms with Crippen LogP contribution < -0.4 is 15.8 Å². The molecule has 7 heteroatoms. The van der Waals surface area contributed by atoms with Gasteiger partial charge in [0.25, 0.3) is 5.91 Å². The monoisotopic (exact) mass is 388 g/mol. The number of ether oxygens (including phenoxy) is 1. The maximum absolute atomic E-state index is 14.6. The Morgan fingerprint density at radius 2 is 1.90 bits per heavy atom. The standard InChI is InChI=1S/C22H17FN4O2/c1-29-19-5-3-12(9-15(19)11-24)17-10-18(21(25)27-20(17)23)13-2-4-16-14(8-13)6-7-26-22(16)28/h2-5,8-10H,6-7H2,1H3,(H2,25,27)(H,26,28). The highest BCUT2D eigenvalue weighted by Gasteiger charge is 2.19. The summed E-state index contributed by atoms with van der Waals surface area (Å²) in [6, 6.07) is 13.9. The number of fused-ring (bicyclic) bond motifs is 1. The smallest absolute Gasteiger partial charge is 0.251 e. The van der Waals surface area contributed by atoms with E-state index in [4.69, 9.17) is 10.5 Å². The molecule has 2 heterocycles. The van der Waals surface area contributed by atoms with Crippen LogP contribution in [-0.4, -0.2) is 24.5 Å². The topological polar surface area (TPSA) is 101 Å². The Bertz CT molecular complexity index is 1180. The zero-order valence-electron chi connectivity index (χ0n) is 15.6. The summed E-state index contributed by atoms with van der Waals surface area (Å²) in [5.74, 6) is -0.364. The molecule has 1 amide bonds. The quantitative estimate of drug-likeness (QED) is 0.671. The van der Waals surface area contributed by atoms with Crippen molar-refractivity contribution in [3.05, 3.63) is 65.1 Å². The fourth-order valence-electron chi connectivity index (χ4n) is 3.50. The zero-order valence-corrected chi connectivity index (χ0v) is 15.6. The van der Waals surface area contributed by atoms with Crippen molar-refractivity contribution in [1.82, 2.24) is 10.3 Å². The number of nitrogens with two attached hydrogens (primary N) is 1. The first kappa shape index (κ1) is 18.4. The van der Waals surface area contributed by atoms with Crippen molar-refractivity contribution in [2.24, 2.45) is 0 Å². The van der Waals surface area contributed by atoms with Gasteiger partial charge in [0.05, 0.1) is 12.7 Å². The maximum Gasteiger partial charge on any atom is 0.251 e. The van der Waals surface area contributed by atoms with Gasteiger partial charge in [-0.3, -0.25) is 4.79 Å². The lowest BCUT2D eigenvalue weighted by Gasteiger charge is -2.18. The van der Waals surface area contributed by atoms with Gasteiger partial charge in [-0.05, 0) is 47.4 Å². The van der Waals surface area contributed by atoms with Gasteiger partial charge < -0.3 is 15.8 Å². The fraction of sp³-hybridized carbons (Fsp3) is 0.136. The first-order valence-corrected chi connectivity index (χ1v) is 8.98. The number of pyridine rings is 1. The summed E-state index contributed by atoms with van der Waals surface area (Å²) in [6.45, 7) is 0.570. The van der Waals surface area contributed by atoms with E-state index in [1.807, 2.05) is 12.1 Å². The van der Waals surface area contributed by atoms with Crippen molar-refractivity contribution in [2.75, 3.05) is 19.4 Å². The number of anilines is 1. The highest BCUT2D eigenvalue weighted by Crippen LogP contribution is 2.34. The normalized spacial score (nSPS) is 12.7. The number of halogens is 1. The van der Waals surface area contributed by atoms with Crippen molar-refractivity contribution >= 4 is 11.7 Å². The minimum Gasteiger partial charge on any atom is -0.495 e. The number of nitrogen functional groups attached to an aromatic ring is 1. The van der Waals surface area contributed by atoms with Crippen molar-refractivity contribution in [2.45, 2.75) is 6.42 Å². The van der Waals surface area contributed by atoms with Gasteiger partial charge in [0, 0.05) is 23.2 Å². The number of rotatable bonds is 3. The average molecular weight is 388 g/mol. The van der Waals surface area contributed by atoms with E-state index in [-0.39, 0.29) is 17.3 Å². The largest absolute Gasteiger partial charge is 0.495 e. The second-order valence-electron chi connectivity index (χ2n) is 6.66. The van der Waals surface area contributed by atoms with Crippen LogP contribution in [0.1, 0.15) is 21.5 Å². The molecule has 6 nitrogen and oxygen atoms in total. The van der Waals surface area contributed by atoms with Gasteiger partial charge in [-0.25, -0.2) is 4.98 Å². The van der Waals surface area contributed by atoms with Gasteiger partial charge in [-0.15, -0.1) is 0 Å². The molecule has 4 rings (SSSR count). The van der Waals surface area contributed by atoms with E-state index >= 15 is 0 Å². The van der Waals surface area contributed by atoms with Crippen LogP contribution in [-0.2, 0) is 6.42 Å². The molecule has 1 aliphatic heterocycles. The molecule has 0 radical (unpaired) electrons. The Balaban J connectivity index is 1.83. The molecule has 0 aliphatic carbocycles. The van der Waals surface area contributed by atoms with Crippen LogP contribution in [0.3, 0.4) is 0 Å². The molecule has 29 heavy (non-hydrogen) atoms. The van der Waals surface area contributed by atoms with Gasteiger partial charge in [0.2, 0.25) is 5.95 Å². The lowest BCUT2D eigenvalue weighted by Crippen LogP contribution is -2.31. The van der Waals surface area contributed by atoms with Crippen molar-refractivity contribution < 1.29 is 13.9 Å². The van der Waals surface area contributed by atoms with Crippen LogP contribution in [0.5, 0.6) is 5.75 Å². The number of aromatic nitrogens is 1. The molecule has 1 aliphatic rings. The molecule has 2 aromatic carbocycles. The molecule has 0 saturated heterocycles. The third-order valence-corrected chi connectivity index (χ3v) is 4.98. The Hall–Kier alpha value is -3.92. The number of carbonyl (C=O) groups excluding carboxylic acids is 1. The number of nitriles is 1. The predicted molar refractivity (Wildman–Crippen MR) is 107 cm³/mol. The molecule has 0 unspecified atom stereocenters. The Morgan fingerprint density at radius 1 is 1.14 bits per heavy atom. The van der Waals surface area contributed by atoms with Crippen molar-refractivity contribution in [3.8, 4) is 34.1 Å². The highest BCUT2D eigenvalue weighted by atomic mass is 19.1. The van der Waals surface area contributed by atoms with E-state index in [0.717, 1.165) is 11.1 Å². The third kappa shape index (κ3) is 3.25. The molecule has 0 bridgehead atoms. The van der Waals surface area contributed by atoms with E-state index in [0.29, 0.717) is 41.0 Å². The molecule has 0 fully saturated rings. The summed E-state index contributed by atoms with van der Waals surface area (Å²) in [5.41, 5.74) is 9.86. The minimum absolute atomic E-state index is 0.0560. The summed E-state index contributed by atoms with van der Waals surface area (Å²) in [5, 5.41) is 12.1. The number of methoxy groups -OCH3 is 1. The van der Waals surface area contributed by atoms with Gasteiger partial charge in [0.15, 0.2) is 0 Å². The third-order valence-electron chi connectivity index (χ3n) is 4.98. The highest BCUT2D eigenvalue weighted by molar-refractivity contribution is 5.97. The van der Waals surface area contributed by atoms with Gasteiger partial charge in [-0.2, -0.15) is 9.65 Å². The molecule has 0 saturated carbocycles. The second kappa shape index (κ2) is 7.24. The molecule has 3 aromatic rings. The maximum atomic E-state index is 14.6. The number of nitrogens with zero attached hydrogens (tertiary/aromatic N) is 2. The summed E-state index contributed by atoms with van der Waals surface area (Å²) in [6.07, 6.45) is 0.709. The van der Waals surface area contributed by atoms with Gasteiger partial charge in [0.1, 0.15) is 17.6 Å². The van der Waals surface area contributed by atoms with E-state index in [1.165, 1.54) is 7.11 Å². The SMILES string of the molecule is COc1ccc(-c2cc(-c3ccc4c(c3)CCNC4=O)c(N)nc2F)cc1C#N. The molecule has 1 aromatic heterocycles. The number of carbonyl (C=O) groups is 1. The number of hydrogen-bond donors (Lipinski definition) is 2. The van der Waals surface area contributed by atoms with Crippen LogP contribution in [0.2, 0.25) is 0 Å². The first-order valence-electron chi connectivity index (χ1n) is 8.98. The van der Waals surface area contributed by atoms with Crippen LogP contribution in [0, 0.1) is 17.3 Å². The van der Waals surface area contributed by atoms with E-state index in [9.17, 15) is 14.4 Å². The van der Waals surface area contributed by atoms with E-state index in [1.54, 1.807) is 36.4 Å². The van der Waals surface area contributed by atoms with Crippen LogP contribution in [0.25, 0.3) is 22.3 Å². The number of amides is 1. The molecule has 3 N–H and O–H groups in total.